The van der Waals surface area contributed by atoms with Gasteiger partial charge in [-0.05, 0) is 114 Å². The van der Waals surface area contributed by atoms with Crippen LogP contribution in [0.1, 0.15) is 34.6 Å². The Labute approximate surface area is 259 Å². The van der Waals surface area contributed by atoms with Crippen LogP contribution in [0.3, 0.4) is 0 Å². The molecule has 1 N–H and O–H groups in total. The average molecular weight is 953 g/mol. The van der Waals surface area contributed by atoms with E-state index < -0.39 is 42.3 Å². The Hall–Kier alpha value is 0.0200. The number of halogens is 6. The highest BCUT2D eigenvalue weighted by Crippen LogP contribution is 2.39. The molecule has 3 rings (SSSR count). The second-order valence-corrected chi connectivity index (χ2v) is 12.6. The molecule has 0 aromatic heterocycles. The van der Waals surface area contributed by atoms with Gasteiger partial charge >= 0.3 is 5.97 Å². The fourth-order valence-electron chi connectivity index (χ4n) is 3.30. The van der Waals surface area contributed by atoms with Crippen molar-refractivity contribution >= 4 is 143 Å². The normalized spacial score (nSPS) is 13.9. The second kappa shape index (κ2) is 11.6. The number of benzene rings is 2. The SMILES string of the molecule is CC(C)[C@@H](C(=O)OCC(=O)Nc1cc(Cl)ccc1Cl)N1C(=O)c2c(I)c(I)c(I)c(I)c2C1=O. The molecule has 13 heteroatoms. The maximum Gasteiger partial charge on any atom is 0.330 e. The molecule has 0 bridgehead atoms. The van der Waals surface area contributed by atoms with Gasteiger partial charge in [0.15, 0.2) is 6.61 Å². The number of amides is 3. The van der Waals surface area contributed by atoms with E-state index in [4.69, 9.17) is 27.9 Å². The van der Waals surface area contributed by atoms with E-state index in [0.717, 1.165) is 12.0 Å². The van der Waals surface area contributed by atoms with E-state index >= 15 is 0 Å². The third kappa shape index (κ3) is 5.62. The quantitative estimate of drug-likeness (QED) is 0.122. The van der Waals surface area contributed by atoms with Gasteiger partial charge < -0.3 is 10.1 Å². The van der Waals surface area contributed by atoms with Crippen LogP contribution in [0.2, 0.25) is 10.0 Å². The molecule has 0 fully saturated rings. The smallest absolute Gasteiger partial charge is 0.330 e. The Bertz CT molecular complexity index is 1190. The molecule has 1 aliphatic heterocycles. The lowest BCUT2D eigenvalue weighted by Gasteiger charge is -2.27. The molecule has 1 atom stereocenters. The monoisotopic (exact) mass is 952 g/mol. The first-order valence-corrected chi connectivity index (χ1v) is 14.6. The molecule has 1 aliphatic rings. The van der Waals surface area contributed by atoms with Crippen molar-refractivity contribution in [2.45, 2.75) is 19.9 Å². The van der Waals surface area contributed by atoms with E-state index in [1.165, 1.54) is 12.1 Å². The highest BCUT2D eigenvalue weighted by atomic mass is 127. The molecule has 0 saturated heterocycles. The molecule has 7 nitrogen and oxygen atoms in total. The van der Waals surface area contributed by atoms with Crippen LogP contribution >= 0.6 is 114 Å². The standard InChI is InChI=1S/C21H14Cl2I4N2O5/c1-7(2)18(21(33)34-6-11(30)28-10-5-8(22)3-4-9(10)23)29-19(31)12-13(20(29)32)15(25)17(27)16(26)14(12)24/h3-5,7,18H,6H2,1-2H3,(H,28,30)/t18-/m0/s1. The number of imide groups is 1. The molecule has 2 aromatic carbocycles. The summed E-state index contributed by atoms with van der Waals surface area (Å²) in [5.74, 6) is -3.06. The molecule has 0 radical (unpaired) electrons. The van der Waals surface area contributed by atoms with Crippen LogP contribution in [0.25, 0.3) is 0 Å². The summed E-state index contributed by atoms with van der Waals surface area (Å²) in [6, 6.07) is 3.36. The first-order valence-electron chi connectivity index (χ1n) is 9.52. The lowest BCUT2D eigenvalue weighted by Crippen LogP contribution is -2.49. The third-order valence-electron chi connectivity index (χ3n) is 4.83. The summed E-state index contributed by atoms with van der Waals surface area (Å²) in [6.07, 6.45) is 0. The van der Waals surface area contributed by atoms with Crippen molar-refractivity contribution in [2.24, 2.45) is 5.92 Å². The minimum atomic E-state index is -1.20. The van der Waals surface area contributed by atoms with Crippen molar-refractivity contribution in [2.75, 3.05) is 11.9 Å². The van der Waals surface area contributed by atoms with E-state index in [2.05, 4.69) is 50.5 Å². The zero-order valence-corrected chi connectivity index (χ0v) is 27.5. The molecule has 3 amide bonds. The Morgan fingerprint density at radius 2 is 1.50 bits per heavy atom. The maximum atomic E-state index is 13.3. The van der Waals surface area contributed by atoms with Crippen molar-refractivity contribution in [3.63, 3.8) is 0 Å². The van der Waals surface area contributed by atoms with Gasteiger partial charge in [-0.25, -0.2) is 4.79 Å². The number of hydrogen-bond acceptors (Lipinski definition) is 5. The molecule has 0 aliphatic carbocycles. The van der Waals surface area contributed by atoms with Gasteiger partial charge in [0.25, 0.3) is 17.7 Å². The predicted molar refractivity (Wildman–Crippen MR) is 162 cm³/mol. The lowest BCUT2D eigenvalue weighted by atomic mass is 10.0. The van der Waals surface area contributed by atoms with Crippen molar-refractivity contribution in [1.29, 1.82) is 0 Å². The Kier molecular flexibility index (Phi) is 9.76. The first kappa shape index (κ1) is 28.6. The fourth-order valence-corrected chi connectivity index (χ4v) is 7.28. The van der Waals surface area contributed by atoms with Gasteiger partial charge in [0.05, 0.1) is 21.8 Å². The topological polar surface area (TPSA) is 92.8 Å². The fraction of sp³-hybridized carbons (Fsp3) is 0.238. The first-order chi connectivity index (χ1) is 15.9. The van der Waals surface area contributed by atoms with Crippen LogP contribution in [0, 0.1) is 20.2 Å². The molecular weight excluding hydrogens is 939 g/mol. The molecule has 0 unspecified atom stereocenters. The molecule has 180 valence electrons. The summed E-state index contributed by atoms with van der Waals surface area (Å²) in [6.45, 7) is 2.77. The minimum absolute atomic E-state index is 0.267. The summed E-state index contributed by atoms with van der Waals surface area (Å²) >= 11 is 20.3. The van der Waals surface area contributed by atoms with Crippen molar-refractivity contribution in [1.82, 2.24) is 4.90 Å². The van der Waals surface area contributed by atoms with Crippen molar-refractivity contribution in [3.8, 4) is 0 Å². The van der Waals surface area contributed by atoms with E-state index in [1.807, 2.05) is 45.2 Å². The number of carbonyl (C=O) groups is 4. The van der Waals surface area contributed by atoms with Crippen molar-refractivity contribution in [3.05, 3.63) is 53.7 Å². The van der Waals surface area contributed by atoms with Gasteiger partial charge in [0, 0.05) is 19.3 Å². The zero-order chi connectivity index (χ0) is 25.5. The van der Waals surface area contributed by atoms with Gasteiger partial charge in [-0.2, -0.15) is 0 Å². The zero-order valence-electron chi connectivity index (χ0n) is 17.4. The van der Waals surface area contributed by atoms with Gasteiger partial charge in [0.1, 0.15) is 6.04 Å². The molecule has 2 aromatic rings. The highest BCUT2D eigenvalue weighted by molar-refractivity contribution is 14.1. The molecular formula is C21H14Cl2I4N2O5. The summed E-state index contributed by atoms with van der Waals surface area (Å²) in [5.41, 5.74) is 0.836. The van der Waals surface area contributed by atoms with Crippen LogP contribution < -0.4 is 5.32 Å². The number of rotatable bonds is 6. The van der Waals surface area contributed by atoms with Crippen LogP contribution in [-0.2, 0) is 14.3 Å². The van der Waals surface area contributed by atoms with Crippen molar-refractivity contribution < 1.29 is 23.9 Å². The largest absolute Gasteiger partial charge is 0.454 e. The number of nitrogens with one attached hydrogen (secondary N) is 1. The molecule has 1 heterocycles. The Morgan fingerprint density at radius 3 is 2.00 bits per heavy atom. The molecule has 34 heavy (non-hydrogen) atoms. The van der Waals surface area contributed by atoms with Gasteiger partial charge in [0.2, 0.25) is 0 Å². The van der Waals surface area contributed by atoms with E-state index in [-0.39, 0.29) is 21.8 Å². The van der Waals surface area contributed by atoms with E-state index in [9.17, 15) is 19.2 Å². The average Bonchev–Trinajstić information content (AvgIpc) is 3.02. The Balaban J connectivity index is 1.81. The summed E-state index contributed by atoms with van der Waals surface area (Å²) in [5, 5.41) is 3.16. The number of esters is 1. The number of carbonyl (C=O) groups excluding carboxylic acids is 4. The van der Waals surface area contributed by atoms with Gasteiger partial charge in [-0.15, -0.1) is 0 Å². The summed E-state index contributed by atoms with van der Waals surface area (Å²) in [4.78, 5) is 52.9. The number of nitrogens with zero attached hydrogens (tertiary/aromatic N) is 1. The van der Waals surface area contributed by atoms with Crippen LogP contribution in [0.4, 0.5) is 5.69 Å². The minimum Gasteiger partial charge on any atom is -0.454 e. The third-order valence-corrected chi connectivity index (χ3v) is 12.8. The van der Waals surface area contributed by atoms with Gasteiger partial charge in [-0.1, -0.05) is 37.0 Å². The number of ether oxygens (including phenoxy) is 1. The van der Waals surface area contributed by atoms with E-state index in [0.29, 0.717) is 12.2 Å². The maximum absolute atomic E-state index is 13.3. The molecule has 0 spiro atoms. The lowest BCUT2D eigenvalue weighted by molar-refractivity contribution is -0.152. The van der Waals surface area contributed by atoms with E-state index in [1.54, 1.807) is 19.9 Å². The van der Waals surface area contributed by atoms with Crippen LogP contribution in [0.15, 0.2) is 18.2 Å². The highest BCUT2D eigenvalue weighted by Gasteiger charge is 2.47. The predicted octanol–water partition coefficient (Wildman–Crippen LogP) is 6.21. The number of hydrogen-bond donors (Lipinski definition) is 1. The second-order valence-electron chi connectivity index (χ2n) is 7.46. The van der Waals surface area contributed by atoms with Gasteiger partial charge in [-0.3, -0.25) is 19.3 Å². The van der Waals surface area contributed by atoms with Crippen LogP contribution in [-0.4, -0.2) is 41.2 Å². The molecule has 0 saturated carbocycles. The van der Waals surface area contributed by atoms with Crippen LogP contribution in [0.5, 0.6) is 0 Å². The summed E-state index contributed by atoms with van der Waals surface area (Å²) < 4.78 is 8.26. The number of fused-ring (bicyclic) bond motifs is 1. The Morgan fingerprint density at radius 1 is 0.971 bits per heavy atom. The number of anilines is 1. The summed E-state index contributed by atoms with van der Waals surface area (Å²) in [7, 11) is 0.